The average molecular weight is 449 g/mol. The molecule has 1 fully saturated rings. The second kappa shape index (κ2) is 11.9. The first-order valence-corrected chi connectivity index (χ1v) is 12.4. The monoisotopic (exact) mass is 448 g/mol. The molecule has 0 bridgehead atoms. The molecule has 0 heterocycles. The third-order valence-corrected chi connectivity index (χ3v) is 7.21. The predicted molar refractivity (Wildman–Crippen MR) is 124 cm³/mol. The van der Waals surface area contributed by atoms with E-state index in [0.29, 0.717) is 5.92 Å². The van der Waals surface area contributed by atoms with Gasteiger partial charge in [-0.15, -0.1) is 0 Å². The lowest BCUT2D eigenvalue weighted by atomic mass is 9.77. The second-order valence-electron chi connectivity index (χ2n) is 9.53. The van der Waals surface area contributed by atoms with E-state index in [2.05, 4.69) is 6.92 Å². The SMILES string of the molecule is CCCCCCCCC[C@H]1CC[C@H](c2ccc(-c3cc(F)c(C)c(F)c3F)c(F)c2)CC1. The van der Waals surface area contributed by atoms with E-state index in [1.165, 1.54) is 70.4 Å². The highest BCUT2D eigenvalue weighted by atomic mass is 19.2. The Morgan fingerprint density at radius 1 is 0.719 bits per heavy atom. The van der Waals surface area contributed by atoms with Crippen molar-refractivity contribution in [3.05, 3.63) is 58.7 Å². The van der Waals surface area contributed by atoms with E-state index in [1.54, 1.807) is 6.07 Å². The third-order valence-electron chi connectivity index (χ3n) is 7.21. The summed E-state index contributed by atoms with van der Waals surface area (Å²) in [5.74, 6) is -2.92. The van der Waals surface area contributed by atoms with Crippen molar-refractivity contribution in [1.82, 2.24) is 0 Å². The summed E-state index contributed by atoms with van der Waals surface area (Å²) in [5.41, 5.74) is 0.0374. The molecule has 1 saturated carbocycles. The Bertz CT molecular complexity index is 881. The first-order chi connectivity index (χ1) is 15.4. The minimum Gasteiger partial charge on any atom is -0.207 e. The molecule has 0 unspecified atom stereocenters. The maximum atomic E-state index is 14.8. The standard InChI is InChI=1S/C28H36F4/c1-3-4-5-6-7-8-9-10-20-11-13-21(14-12-20)22-15-16-23(26(30)17-22)24-18-25(29)19(2)27(31)28(24)32/h15-18,20-21H,3-14H2,1-2H3/t20-,21-. The van der Waals surface area contributed by atoms with Crippen molar-refractivity contribution < 1.29 is 17.6 Å². The summed E-state index contributed by atoms with van der Waals surface area (Å²) in [7, 11) is 0. The molecule has 2 aromatic carbocycles. The molecule has 32 heavy (non-hydrogen) atoms. The number of rotatable bonds is 10. The lowest BCUT2D eigenvalue weighted by Crippen LogP contribution is -2.13. The Hall–Kier alpha value is -1.84. The van der Waals surface area contributed by atoms with Gasteiger partial charge < -0.3 is 0 Å². The second-order valence-corrected chi connectivity index (χ2v) is 9.53. The van der Waals surface area contributed by atoms with E-state index in [1.807, 2.05) is 0 Å². The quantitative estimate of drug-likeness (QED) is 0.193. The summed E-state index contributed by atoms with van der Waals surface area (Å²) in [4.78, 5) is 0. The number of hydrogen-bond acceptors (Lipinski definition) is 0. The molecule has 0 nitrogen and oxygen atoms in total. The maximum absolute atomic E-state index is 14.8. The van der Waals surface area contributed by atoms with E-state index in [0.717, 1.165) is 43.2 Å². The maximum Gasteiger partial charge on any atom is 0.167 e. The van der Waals surface area contributed by atoms with Gasteiger partial charge in [0.1, 0.15) is 11.6 Å². The molecule has 0 spiro atoms. The Morgan fingerprint density at radius 3 is 2.03 bits per heavy atom. The van der Waals surface area contributed by atoms with Crippen LogP contribution in [0.15, 0.2) is 24.3 Å². The number of hydrogen-bond donors (Lipinski definition) is 0. The van der Waals surface area contributed by atoms with E-state index in [9.17, 15) is 17.6 Å². The van der Waals surface area contributed by atoms with Crippen LogP contribution in [0.25, 0.3) is 11.1 Å². The largest absolute Gasteiger partial charge is 0.207 e. The summed E-state index contributed by atoms with van der Waals surface area (Å²) < 4.78 is 56.9. The molecule has 0 aliphatic heterocycles. The molecule has 0 aromatic heterocycles. The number of halogens is 4. The minimum atomic E-state index is -1.26. The molecule has 1 aliphatic rings. The van der Waals surface area contributed by atoms with Crippen molar-refractivity contribution in [2.45, 2.75) is 96.8 Å². The van der Waals surface area contributed by atoms with E-state index < -0.39 is 28.8 Å². The van der Waals surface area contributed by atoms with E-state index in [4.69, 9.17) is 0 Å². The van der Waals surface area contributed by atoms with Gasteiger partial charge in [-0.1, -0.05) is 70.4 Å². The predicted octanol–water partition coefficient (Wildman–Crippen LogP) is 9.63. The Labute approximate surface area is 190 Å². The van der Waals surface area contributed by atoms with Gasteiger partial charge in [0.25, 0.3) is 0 Å². The molecular weight excluding hydrogens is 412 g/mol. The van der Waals surface area contributed by atoms with Crippen LogP contribution >= 0.6 is 0 Å². The lowest BCUT2D eigenvalue weighted by Gasteiger charge is -2.29. The topological polar surface area (TPSA) is 0 Å². The Kier molecular flexibility index (Phi) is 9.19. The first kappa shape index (κ1) is 24.8. The fourth-order valence-corrected chi connectivity index (χ4v) is 5.06. The molecule has 0 atom stereocenters. The zero-order valence-electron chi connectivity index (χ0n) is 19.5. The highest BCUT2D eigenvalue weighted by Crippen LogP contribution is 2.39. The molecule has 0 N–H and O–H groups in total. The molecule has 0 amide bonds. The van der Waals surface area contributed by atoms with Gasteiger partial charge in [-0.05, 0) is 62.1 Å². The summed E-state index contributed by atoms with van der Waals surface area (Å²) >= 11 is 0. The van der Waals surface area contributed by atoms with Crippen molar-refractivity contribution in [3.8, 4) is 11.1 Å². The van der Waals surface area contributed by atoms with Gasteiger partial charge >= 0.3 is 0 Å². The molecule has 3 rings (SSSR count). The van der Waals surface area contributed by atoms with Crippen LogP contribution in [0, 0.1) is 36.1 Å². The van der Waals surface area contributed by atoms with Crippen LogP contribution in [0.1, 0.15) is 101 Å². The first-order valence-electron chi connectivity index (χ1n) is 12.4. The molecule has 1 aliphatic carbocycles. The van der Waals surface area contributed by atoms with Gasteiger partial charge in [0.2, 0.25) is 0 Å². The normalized spacial score (nSPS) is 18.8. The van der Waals surface area contributed by atoms with Crippen LogP contribution in [0.2, 0.25) is 0 Å². The fourth-order valence-electron chi connectivity index (χ4n) is 5.06. The van der Waals surface area contributed by atoms with E-state index in [-0.39, 0.29) is 11.1 Å². The lowest BCUT2D eigenvalue weighted by molar-refractivity contribution is 0.301. The van der Waals surface area contributed by atoms with Gasteiger partial charge in [0.15, 0.2) is 11.6 Å². The fraction of sp³-hybridized carbons (Fsp3) is 0.571. The van der Waals surface area contributed by atoms with Crippen molar-refractivity contribution in [2.24, 2.45) is 5.92 Å². The van der Waals surface area contributed by atoms with Crippen LogP contribution in [0.4, 0.5) is 17.6 Å². The van der Waals surface area contributed by atoms with Gasteiger partial charge in [0, 0.05) is 16.7 Å². The molecular formula is C28H36F4. The summed E-state index contributed by atoms with van der Waals surface area (Å²) in [6, 6.07) is 5.54. The highest BCUT2D eigenvalue weighted by molar-refractivity contribution is 5.66. The third kappa shape index (κ3) is 6.14. The molecule has 176 valence electrons. The molecule has 0 saturated heterocycles. The highest BCUT2D eigenvalue weighted by Gasteiger charge is 2.24. The van der Waals surface area contributed by atoms with Crippen LogP contribution < -0.4 is 0 Å². The minimum absolute atomic E-state index is 0.100. The van der Waals surface area contributed by atoms with Crippen molar-refractivity contribution in [3.63, 3.8) is 0 Å². The number of unbranched alkanes of at least 4 members (excludes halogenated alkanes) is 6. The zero-order valence-corrected chi connectivity index (χ0v) is 19.5. The van der Waals surface area contributed by atoms with Crippen LogP contribution in [0.3, 0.4) is 0 Å². The summed E-state index contributed by atoms with van der Waals surface area (Å²) in [5, 5.41) is 0. The van der Waals surface area contributed by atoms with Gasteiger partial charge in [-0.2, -0.15) is 0 Å². The van der Waals surface area contributed by atoms with Gasteiger partial charge in [0.05, 0.1) is 0 Å². The van der Waals surface area contributed by atoms with Crippen molar-refractivity contribution in [2.75, 3.05) is 0 Å². The average Bonchev–Trinajstić information content (AvgIpc) is 2.80. The molecule has 2 aromatic rings. The Morgan fingerprint density at radius 2 is 1.38 bits per heavy atom. The zero-order chi connectivity index (χ0) is 23.1. The summed E-state index contributed by atoms with van der Waals surface area (Å²) in [6.07, 6.45) is 15.0. The smallest absolute Gasteiger partial charge is 0.167 e. The van der Waals surface area contributed by atoms with Crippen LogP contribution in [0.5, 0.6) is 0 Å². The molecule has 0 radical (unpaired) electrons. The molecule has 4 heteroatoms. The van der Waals surface area contributed by atoms with Crippen molar-refractivity contribution in [1.29, 1.82) is 0 Å². The van der Waals surface area contributed by atoms with Crippen molar-refractivity contribution >= 4 is 0 Å². The Balaban J connectivity index is 1.54. The van der Waals surface area contributed by atoms with Crippen LogP contribution in [-0.2, 0) is 0 Å². The van der Waals surface area contributed by atoms with E-state index >= 15 is 0 Å². The summed E-state index contributed by atoms with van der Waals surface area (Å²) in [6.45, 7) is 3.41. The van der Waals surface area contributed by atoms with Gasteiger partial charge in [-0.3, -0.25) is 0 Å². The van der Waals surface area contributed by atoms with Gasteiger partial charge in [-0.25, -0.2) is 17.6 Å². The number of benzene rings is 2. The van der Waals surface area contributed by atoms with Crippen LogP contribution in [-0.4, -0.2) is 0 Å².